The third-order valence-corrected chi connectivity index (χ3v) is 7.35. The van der Waals surface area contributed by atoms with Gasteiger partial charge in [-0.05, 0) is 35.9 Å². The van der Waals surface area contributed by atoms with E-state index in [0.717, 1.165) is 5.69 Å². The van der Waals surface area contributed by atoms with Crippen LogP contribution in [0.1, 0.15) is 21.7 Å². The van der Waals surface area contributed by atoms with E-state index in [2.05, 4.69) is 10.2 Å². The van der Waals surface area contributed by atoms with Crippen LogP contribution in [0.4, 0.5) is 0 Å². The van der Waals surface area contributed by atoms with E-state index in [1.165, 1.54) is 11.8 Å². The molecule has 4 rings (SSSR count). The Labute approximate surface area is 189 Å². The number of benzene rings is 3. The van der Waals surface area contributed by atoms with Gasteiger partial charge in [0.2, 0.25) is 0 Å². The zero-order chi connectivity index (χ0) is 22.6. The van der Waals surface area contributed by atoms with Gasteiger partial charge in [-0.3, -0.25) is 4.57 Å². The van der Waals surface area contributed by atoms with Crippen molar-refractivity contribution in [2.24, 2.45) is 0 Å². The Morgan fingerprint density at radius 1 is 0.875 bits per heavy atom. The lowest BCUT2D eigenvalue weighted by Crippen LogP contribution is -2.11. The summed E-state index contributed by atoms with van der Waals surface area (Å²) in [6.45, 7) is 0. The largest absolute Gasteiger partial charge is 0.478 e. The quantitative estimate of drug-likeness (QED) is 0.389. The molecule has 0 bridgehead atoms. The fourth-order valence-electron chi connectivity index (χ4n) is 3.20. The fraction of sp³-hybridized carbons (Fsp3) is 0.0870. The van der Waals surface area contributed by atoms with Crippen molar-refractivity contribution in [1.82, 2.24) is 14.8 Å². The number of carbonyl (C=O) groups is 1. The second kappa shape index (κ2) is 9.37. The molecule has 32 heavy (non-hydrogen) atoms. The highest BCUT2D eigenvalue weighted by atomic mass is 32.2. The maximum absolute atomic E-state index is 12.9. The first-order valence-corrected chi connectivity index (χ1v) is 12.3. The van der Waals surface area contributed by atoms with Gasteiger partial charge >= 0.3 is 5.97 Å². The van der Waals surface area contributed by atoms with Crippen molar-refractivity contribution < 1.29 is 18.3 Å². The average molecular weight is 466 g/mol. The molecule has 0 aliphatic heterocycles. The summed E-state index contributed by atoms with van der Waals surface area (Å²) in [7, 11) is -3.63. The van der Waals surface area contributed by atoms with E-state index in [-0.39, 0.29) is 22.0 Å². The van der Waals surface area contributed by atoms with Crippen molar-refractivity contribution in [2.75, 3.05) is 0 Å². The molecule has 9 heteroatoms. The van der Waals surface area contributed by atoms with Gasteiger partial charge < -0.3 is 5.11 Å². The number of hydrogen-bond donors (Lipinski definition) is 1. The normalized spacial score (nSPS) is 11.4. The topological polar surface area (TPSA) is 102 Å². The van der Waals surface area contributed by atoms with Gasteiger partial charge in [-0.2, -0.15) is 0 Å². The lowest BCUT2D eigenvalue weighted by Gasteiger charge is -2.11. The molecule has 1 aromatic heterocycles. The Bertz CT molecular complexity index is 1340. The van der Waals surface area contributed by atoms with Crippen LogP contribution in [-0.4, -0.2) is 34.3 Å². The lowest BCUT2D eigenvalue weighted by molar-refractivity contribution is 0.0696. The molecule has 7 nitrogen and oxygen atoms in total. The molecule has 0 aliphatic carbocycles. The summed E-state index contributed by atoms with van der Waals surface area (Å²) in [5, 5.41) is 18.3. The highest BCUT2D eigenvalue weighted by molar-refractivity contribution is 7.98. The molecule has 0 amide bonds. The van der Waals surface area contributed by atoms with Crippen LogP contribution >= 0.6 is 11.8 Å². The van der Waals surface area contributed by atoms with Crippen LogP contribution in [0, 0.1) is 0 Å². The summed E-state index contributed by atoms with van der Waals surface area (Å²) in [5.41, 5.74) is 1.59. The van der Waals surface area contributed by atoms with E-state index >= 15 is 0 Å². The zero-order valence-electron chi connectivity index (χ0n) is 16.8. The van der Waals surface area contributed by atoms with E-state index in [1.807, 2.05) is 30.3 Å². The minimum absolute atomic E-state index is 0.215. The van der Waals surface area contributed by atoms with E-state index in [0.29, 0.717) is 16.5 Å². The number of aromatic nitrogens is 3. The van der Waals surface area contributed by atoms with Crippen LogP contribution in [0.5, 0.6) is 0 Å². The molecule has 0 saturated heterocycles. The number of carboxylic acids is 1. The first kappa shape index (κ1) is 21.8. The molecule has 0 atom stereocenters. The molecule has 162 valence electrons. The van der Waals surface area contributed by atoms with Crippen LogP contribution in [0.2, 0.25) is 0 Å². The molecule has 3 aromatic carbocycles. The van der Waals surface area contributed by atoms with Gasteiger partial charge in [-0.25, -0.2) is 13.2 Å². The summed E-state index contributed by atoms with van der Waals surface area (Å²) >= 11 is 1.30. The van der Waals surface area contributed by atoms with Crippen molar-refractivity contribution in [3.8, 4) is 5.69 Å². The standard InChI is InChI=1S/C23H19N3O4S2/c27-22(28)20-14-8-7-9-17(20)15-31-23-25-24-21(26(23)18-10-3-1-4-11-18)16-32(29,30)19-12-5-2-6-13-19/h1-14H,15-16H2,(H,27,28). The fourth-order valence-corrected chi connectivity index (χ4v) is 5.44. The first-order valence-electron chi connectivity index (χ1n) is 9.67. The average Bonchev–Trinajstić information content (AvgIpc) is 3.20. The third-order valence-electron chi connectivity index (χ3n) is 4.74. The molecule has 4 aromatic rings. The minimum Gasteiger partial charge on any atom is -0.478 e. The van der Waals surface area contributed by atoms with Crippen molar-refractivity contribution in [1.29, 1.82) is 0 Å². The highest BCUT2D eigenvalue weighted by Crippen LogP contribution is 2.28. The number of para-hydroxylation sites is 1. The van der Waals surface area contributed by atoms with Gasteiger partial charge in [0.15, 0.2) is 20.8 Å². The third kappa shape index (κ3) is 4.74. The number of thioether (sulfide) groups is 1. The number of carboxylic acid groups (broad SMARTS) is 1. The van der Waals surface area contributed by atoms with Crippen LogP contribution in [0.15, 0.2) is 95.0 Å². The van der Waals surface area contributed by atoms with Crippen LogP contribution in [-0.2, 0) is 21.3 Å². The summed E-state index contributed by atoms with van der Waals surface area (Å²) in [6.07, 6.45) is 0. The maximum Gasteiger partial charge on any atom is 0.335 e. The molecular formula is C23H19N3O4S2. The molecule has 0 radical (unpaired) electrons. The summed E-state index contributed by atoms with van der Waals surface area (Å²) in [6, 6.07) is 24.2. The maximum atomic E-state index is 12.9. The van der Waals surface area contributed by atoms with Gasteiger partial charge in [0.05, 0.1) is 10.5 Å². The molecule has 0 unspecified atom stereocenters. The van der Waals surface area contributed by atoms with E-state index in [9.17, 15) is 18.3 Å². The van der Waals surface area contributed by atoms with Gasteiger partial charge in [-0.1, -0.05) is 66.4 Å². The monoisotopic (exact) mass is 465 g/mol. The Balaban J connectivity index is 1.69. The number of aromatic carboxylic acids is 1. The summed E-state index contributed by atoms with van der Waals surface area (Å²) in [4.78, 5) is 11.7. The van der Waals surface area contributed by atoms with E-state index in [4.69, 9.17) is 0 Å². The number of nitrogens with zero attached hydrogens (tertiary/aromatic N) is 3. The Kier molecular flexibility index (Phi) is 6.38. The Morgan fingerprint density at radius 2 is 1.50 bits per heavy atom. The second-order valence-electron chi connectivity index (χ2n) is 6.89. The molecule has 1 N–H and O–H groups in total. The lowest BCUT2D eigenvalue weighted by atomic mass is 10.1. The first-order chi connectivity index (χ1) is 15.5. The van der Waals surface area contributed by atoms with Crippen molar-refractivity contribution in [3.63, 3.8) is 0 Å². The number of hydrogen-bond acceptors (Lipinski definition) is 6. The van der Waals surface area contributed by atoms with Gasteiger partial charge in [-0.15, -0.1) is 10.2 Å². The predicted molar refractivity (Wildman–Crippen MR) is 122 cm³/mol. The Hall–Kier alpha value is -3.43. The molecule has 0 aliphatic rings. The van der Waals surface area contributed by atoms with Crippen LogP contribution in [0.3, 0.4) is 0 Å². The highest BCUT2D eigenvalue weighted by Gasteiger charge is 2.23. The van der Waals surface area contributed by atoms with Gasteiger partial charge in [0, 0.05) is 11.4 Å². The van der Waals surface area contributed by atoms with E-state index in [1.54, 1.807) is 59.2 Å². The van der Waals surface area contributed by atoms with Crippen LogP contribution in [0.25, 0.3) is 5.69 Å². The van der Waals surface area contributed by atoms with Crippen molar-refractivity contribution in [2.45, 2.75) is 21.6 Å². The summed E-state index contributed by atoms with van der Waals surface area (Å²) < 4.78 is 27.6. The zero-order valence-corrected chi connectivity index (χ0v) is 18.5. The van der Waals surface area contributed by atoms with E-state index < -0.39 is 15.8 Å². The number of rotatable bonds is 8. The smallest absolute Gasteiger partial charge is 0.335 e. The molecule has 0 spiro atoms. The van der Waals surface area contributed by atoms with Gasteiger partial charge in [0.1, 0.15) is 5.75 Å². The van der Waals surface area contributed by atoms with Gasteiger partial charge in [0.25, 0.3) is 0 Å². The SMILES string of the molecule is O=C(O)c1ccccc1CSc1nnc(CS(=O)(=O)c2ccccc2)n1-c1ccccc1. The Morgan fingerprint density at radius 3 is 2.19 bits per heavy atom. The minimum atomic E-state index is -3.63. The summed E-state index contributed by atoms with van der Waals surface area (Å²) in [5.74, 6) is -0.682. The molecule has 1 heterocycles. The predicted octanol–water partition coefficient (Wildman–Crippen LogP) is 4.23. The second-order valence-corrected chi connectivity index (χ2v) is 9.82. The molecule has 0 saturated carbocycles. The van der Waals surface area contributed by atoms with Crippen molar-refractivity contribution in [3.05, 3.63) is 102 Å². The molecule has 0 fully saturated rings. The van der Waals surface area contributed by atoms with Crippen LogP contribution < -0.4 is 0 Å². The molecular weight excluding hydrogens is 446 g/mol. The number of sulfone groups is 1. The van der Waals surface area contributed by atoms with Crippen molar-refractivity contribution >= 4 is 27.6 Å².